The molecule has 0 aliphatic carbocycles. The number of aromatic nitrogens is 1. The number of carbonyl (C=O) groups is 1. The standard InChI is InChI=1S/C10H11NO3/c1-7-8(3-2-4-11-7)10(9(12)13)5-14-6-10/h2-4H,5-6H2,1H3,(H,12,13). The van der Waals surface area contributed by atoms with Crippen molar-refractivity contribution in [2.75, 3.05) is 13.2 Å². The molecule has 74 valence electrons. The second kappa shape index (κ2) is 3.06. The van der Waals surface area contributed by atoms with Crippen molar-refractivity contribution in [1.82, 2.24) is 4.98 Å². The molecule has 0 spiro atoms. The summed E-state index contributed by atoms with van der Waals surface area (Å²) in [5, 5.41) is 9.15. The topological polar surface area (TPSA) is 59.4 Å². The highest BCUT2D eigenvalue weighted by Gasteiger charge is 2.48. The van der Waals surface area contributed by atoms with Gasteiger partial charge in [0.15, 0.2) is 0 Å². The number of nitrogens with zero attached hydrogens (tertiary/aromatic N) is 1. The van der Waals surface area contributed by atoms with E-state index in [1.165, 1.54) is 0 Å². The van der Waals surface area contributed by atoms with Crippen LogP contribution in [0.3, 0.4) is 0 Å². The number of rotatable bonds is 2. The molecule has 4 heteroatoms. The van der Waals surface area contributed by atoms with Crippen molar-refractivity contribution in [1.29, 1.82) is 0 Å². The molecule has 0 amide bonds. The predicted molar refractivity (Wildman–Crippen MR) is 49.1 cm³/mol. The normalized spacial score (nSPS) is 18.6. The second-order valence-corrected chi connectivity index (χ2v) is 3.52. The fourth-order valence-electron chi connectivity index (χ4n) is 1.69. The molecule has 1 aromatic rings. The van der Waals surface area contributed by atoms with E-state index in [0.717, 1.165) is 11.3 Å². The van der Waals surface area contributed by atoms with Gasteiger partial charge in [-0.25, -0.2) is 0 Å². The van der Waals surface area contributed by atoms with Crippen LogP contribution in [0.15, 0.2) is 18.3 Å². The lowest BCUT2D eigenvalue weighted by Gasteiger charge is -2.38. The first-order valence-corrected chi connectivity index (χ1v) is 4.40. The average molecular weight is 193 g/mol. The third kappa shape index (κ3) is 1.11. The molecule has 0 bridgehead atoms. The third-order valence-corrected chi connectivity index (χ3v) is 2.63. The maximum Gasteiger partial charge on any atom is 0.318 e. The predicted octanol–water partition coefficient (Wildman–Crippen LogP) is 0.743. The zero-order valence-electron chi connectivity index (χ0n) is 7.86. The molecule has 1 saturated heterocycles. The van der Waals surface area contributed by atoms with Gasteiger partial charge in [-0.3, -0.25) is 9.78 Å². The molecule has 0 saturated carbocycles. The number of ether oxygens (including phenoxy) is 1. The summed E-state index contributed by atoms with van der Waals surface area (Å²) in [6.45, 7) is 2.31. The van der Waals surface area contributed by atoms with Gasteiger partial charge in [0, 0.05) is 11.9 Å². The first-order valence-electron chi connectivity index (χ1n) is 4.40. The van der Waals surface area contributed by atoms with Crippen molar-refractivity contribution in [3.63, 3.8) is 0 Å². The van der Waals surface area contributed by atoms with E-state index in [2.05, 4.69) is 4.98 Å². The SMILES string of the molecule is Cc1ncccc1C1(C(=O)O)COC1. The summed E-state index contributed by atoms with van der Waals surface area (Å²) >= 11 is 0. The second-order valence-electron chi connectivity index (χ2n) is 3.52. The molecular weight excluding hydrogens is 182 g/mol. The van der Waals surface area contributed by atoms with E-state index in [4.69, 9.17) is 9.84 Å². The number of pyridine rings is 1. The van der Waals surface area contributed by atoms with Crippen LogP contribution in [-0.4, -0.2) is 29.3 Å². The Morgan fingerprint density at radius 1 is 1.64 bits per heavy atom. The molecule has 0 radical (unpaired) electrons. The Bertz CT molecular complexity index is 371. The van der Waals surface area contributed by atoms with Crippen LogP contribution in [0.25, 0.3) is 0 Å². The first kappa shape index (κ1) is 9.15. The van der Waals surface area contributed by atoms with E-state index in [1.54, 1.807) is 18.3 Å². The van der Waals surface area contributed by atoms with Gasteiger partial charge in [0.1, 0.15) is 5.41 Å². The van der Waals surface area contributed by atoms with Gasteiger partial charge in [0.25, 0.3) is 0 Å². The molecule has 0 aromatic carbocycles. The molecule has 14 heavy (non-hydrogen) atoms. The van der Waals surface area contributed by atoms with E-state index in [1.807, 2.05) is 6.92 Å². The van der Waals surface area contributed by atoms with Crippen LogP contribution in [-0.2, 0) is 14.9 Å². The fraction of sp³-hybridized carbons (Fsp3) is 0.400. The summed E-state index contributed by atoms with van der Waals surface area (Å²) in [5.74, 6) is -0.833. The number of aliphatic carboxylic acids is 1. The van der Waals surface area contributed by atoms with E-state index >= 15 is 0 Å². The van der Waals surface area contributed by atoms with Gasteiger partial charge in [-0.15, -0.1) is 0 Å². The van der Waals surface area contributed by atoms with Gasteiger partial charge in [0.05, 0.1) is 13.2 Å². The number of carboxylic acids is 1. The number of aryl methyl sites for hydroxylation is 1. The van der Waals surface area contributed by atoms with E-state index in [-0.39, 0.29) is 13.2 Å². The van der Waals surface area contributed by atoms with Crippen molar-refractivity contribution in [2.24, 2.45) is 0 Å². The van der Waals surface area contributed by atoms with Gasteiger partial charge in [0.2, 0.25) is 0 Å². The summed E-state index contributed by atoms with van der Waals surface area (Å²) in [5.41, 5.74) is 0.662. The van der Waals surface area contributed by atoms with Crippen LogP contribution in [0.2, 0.25) is 0 Å². The number of hydrogen-bond acceptors (Lipinski definition) is 3. The molecule has 1 N–H and O–H groups in total. The van der Waals surface area contributed by atoms with Crippen LogP contribution < -0.4 is 0 Å². The average Bonchev–Trinajstić information content (AvgIpc) is 2.05. The monoisotopic (exact) mass is 193 g/mol. The summed E-state index contributed by atoms with van der Waals surface area (Å²) in [7, 11) is 0. The van der Waals surface area contributed by atoms with Crippen LogP contribution in [0.4, 0.5) is 0 Å². The molecule has 1 aliphatic heterocycles. The third-order valence-electron chi connectivity index (χ3n) is 2.63. The largest absolute Gasteiger partial charge is 0.480 e. The molecule has 0 unspecified atom stereocenters. The molecule has 4 nitrogen and oxygen atoms in total. The van der Waals surface area contributed by atoms with Crippen molar-refractivity contribution in [2.45, 2.75) is 12.3 Å². The van der Waals surface area contributed by atoms with Crippen LogP contribution >= 0.6 is 0 Å². The first-order chi connectivity index (χ1) is 6.67. The minimum absolute atomic E-state index is 0.245. The van der Waals surface area contributed by atoms with Gasteiger partial charge in [-0.1, -0.05) is 6.07 Å². The molecule has 0 atom stereocenters. The lowest BCUT2D eigenvalue weighted by Crippen LogP contribution is -2.53. The molecule has 2 heterocycles. The molecule has 1 fully saturated rings. The lowest BCUT2D eigenvalue weighted by atomic mass is 9.78. The van der Waals surface area contributed by atoms with Crippen LogP contribution in [0, 0.1) is 6.92 Å². The Morgan fingerprint density at radius 2 is 2.36 bits per heavy atom. The number of hydrogen-bond donors (Lipinski definition) is 1. The summed E-state index contributed by atoms with van der Waals surface area (Å²) in [6, 6.07) is 3.56. The molecule has 1 aromatic heterocycles. The van der Waals surface area contributed by atoms with Gasteiger partial charge in [-0.05, 0) is 18.6 Å². The summed E-state index contributed by atoms with van der Waals surface area (Å²) < 4.78 is 5.00. The van der Waals surface area contributed by atoms with Crippen molar-refractivity contribution >= 4 is 5.97 Å². The van der Waals surface area contributed by atoms with Gasteiger partial charge < -0.3 is 9.84 Å². The highest BCUT2D eigenvalue weighted by molar-refractivity contribution is 5.83. The Kier molecular flexibility index (Phi) is 2.00. The Hall–Kier alpha value is -1.42. The highest BCUT2D eigenvalue weighted by atomic mass is 16.5. The lowest BCUT2D eigenvalue weighted by molar-refractivity contribution is -0.163. The van der Waals surface area contributed by atoms with Gasteiger partial charge in [-0.2, -0.15) is 0 Å². The van der Waals surface area contributed by atoms with Crippen molar-refractivity contribution in [3.05, 3.63) is 29.6 Å². The van der Waals surface area contributed by atoms with Crippen LogP contribution in [0.1, 0.15) is 11.3 Å². The summed E-state index contributed by atoms with van der Waals surface area (Å²) in [6.07, 6.45) is 1.66. The minimum Gasteiger partial charge on any atom is -0.480 e. The Labute approximate surface area is 81.5 Å². The van der Waals surface area contributed by atoms with Crippen molar-refractivity contribution in [3.8, 4) is 0 Å². The zero-order valence-corrected chi connectivity index (χ0v) is 7.86. The Balaban J connectivity index is 2.47. The smallest absolute Gasteiger partial charge is 0.318 e. The molecule has 1 aliphatic rings. The zero-order chi connectivity index (χ0) is 10.2. The van der Waals surface area contributed by atoms with Gasteiger partial charge >= 0.3 is 5.97 Å². The molecule has 2 rings (SSSR count). The number of carboxylic acid groups (broad SMARTS) is 1. The van der Waals surface area contributed by atoms with E-state index in [9.17, 15) is 4.79 Å². The highest BCUT2D eigenvalue weighted by Crippen LogP contribution is 2.33. The van der Waals surface area contributed by atoms with E-state index < -0.39 is 11.4 Å². The maximum atomic E-state index is 11.1. The molecular formula is C10H11NO3. The van der Waals surface area contributed by atoms with E-state index in [0.29, 0.717) is 0 Å². The maximum absolute atomic E-state index is 11.1. The Morgan fingerprint density at radius 3 is 2.79 bits per heavy atom. The summed E-state index contributed by atoms with van der Waals surface area (Å²) in [4.78, 5) is 15.2. The fourth-order valence-corrected chi connectivity index (χ4v) is 1.69. The van der Waals surface area contributed by atoms with Crippen molar-refractivity contribution < 1.29 is 14.6 Å². The minimum atomic E-state index is -0.863. The quantitative estimate of drug-likeness (QED) is 0.752. The van der Waals surface area contributed by atoms with Crippen LogP contribution in [0.5, 0.6) is 0 Å².